The monoisotopic (exact) mass is 748 g/mol. The van der Waals surface area contributed by atoms with E-state index in [4.69, 9.17) is 28.4 Å². The SMILES string of the molecule is CCCCCCC(=O)OC(COc1ccccc1)COc1c2ccccc2c(OCC(COc2ccccc2)OC(=O)CCCCCC)c2cc(C)ccc12. The van der Waals surface area contributed by atoms with Gasteiger partial charge in [0.15, 0.2) is 12.2 Å². The van der Waals surface area contributed by atoms with Crippen molar-refractivity contribution in [1.29, 1.82) is 0 Å². The molecule has 0 saturated heterocycles. The molecule has 5 aromatic rings. The highest BCUT2D eigenvalue weighted by Gasteiger charge is 2.23. The molecule has 0 radical (unpaired) electrons. The largest absolute Gasteiger partial charge is 0.490 e. The maximum absolute atomic E-state index is 13.0. The molecule has 0 saturated carbocycles. The predicted octanol–water partition coefficient (Wildman–Crippen LogP) is 11.0. The van der Waals surface area contributed by atoms with E-state index in [9.17, 15) is 9.59 Å². The van der Waals surface area contributed by atoms with Crippen LogP contribution >= 0.6 is 0 Å². The van der Waals surface area contributed by atoms with Crippen molar-refractivity contribution in [3.05, 3.63) is 109 Å². The summed E-state index contributed by atoms with van der Waals surface area (Å²) in [5.41, 5.74) is 1.05. The molecule has 0 spiro atoms. The Morgan fingerprint density at radius 1 is 0.473 bits per heavy atom. The van der Waals surface area contributed by atoms with Crippen molar-refractivity contribution < 1.29 is 38.0 Å². The maximum Gasteiger partial charge on any atom is 0.306 e. The van der Waals surface area contributed by atoms with Gasteiger partial charge in [0.25, 0.3) is 0 Å². The van der Waals surface area contributed by atoms with Crippen molar-refractivity contribution in [3.63, 3.8) is 0 Å². The molecule has 0 aliphatic rings. The molecule has 2 unspecified atom stereocenters. The zero-order valence-corrected chi connectivity index (χ0v) is 32.6. The third kappa shape index (κ3) is 12.9. The molecule has 0 aliphatic carbocycles. The van der Waals surface area contributed by atoms with E-state index in [2.05, 4.69) is 19.9 Å². The number of rotatable bonds is 24. The van der Waals surface area contributed by atoms with E-state index in [-0.39, 0.29) is 38.4 Å². The van der Waals surface area contributed by atoms with Crippen LogP contribution in [0.15, 0.2) is 103 Å². The summed E-state index contributed by atoms with van der Waals surface area (Å²) in [5.74, 6) is 2.17. The molecule has 55 heavy (non-hydrogen) atoms. The number of fused-ring (bicyclic) bond motifs is 2. The predicted molar refractivity (Wildman–Crippen MR) is 218 cm³/mol. The average molecular weight is 749 g/mol. The Morgan fingerprint density at radius 3 is 1.36 bits per heavy atom. The van der Waals surface area contributed by atoms with E-state index in [1.54, 1.807) is 0 Å². The van der Waals surface area contributed by atoms with Crippen molar-refractivity contribution >= 4 is 33.5 Å². The molecule has 0 fully saturated rings. The van der Waals surface area contributed by atoms with E-state index in [0.29, 0.717) is 35.8 Å². The summed E-state index contributed by atoms with van der Waals surface area (Å²) in [5, 5.41) is 3.38. The average Bonchev–Trinajstić information content (AvgIpc) is 3.21. The molecule has 0 bridgehead atoms. The first-order valence-corrected chi connectivity index (χ1v) is 19.9. The fraction of sp³-hybridized carbons (Fsp3) is 0.404. The molecule has 2 atom stereocenters. The lowest BCUT2D eigenvalue weighted by Crippen LogP contribution is -2.31. The van der Waals surface area contributed by atoms with Crippen molar-refractivity contribution in [2.24, 2.45) is 0 Å². The van der Waals surface area contributed by atoms with Crippen LogP contribution in [0, 0.1) is 6.92 Å². The van der Waals surface area contributed by atoms with Crippen LogP contribution in [-0.4, -0.2) is 50.6 Å². The van der Waals surface area contributed by atoms with Crippen LogP contribution in [-0.2, 0) is 19.1 Å². The quantitative estimate of drug-likeness (QED) is 0.0350. The number of benzene rings is 5. The van der Waals surface area contributed by atoms with Gasteiger partial charge in [-0.05, 0) is 50.1 Å². The zero-order valence-electron chi connectivity index (χ0n) is 32.6. The van der Waals surface area contributed by atoms with Gasteiger partial charge in [-0.2, -0.15) is 0 Å². The second-order valence-electron chi connectivity index (χ2n) is 14.0. The molecule has 0 N–H and O–H groups in total. The van der Waals surface area contributed by atoms with Gasteiger partial charge >= 0.3 is 11.9 Å². The second kappa shape index (κ2) is 22.2. The third-order valence-electron chi connectivity index (χ3n) is 9.33. The molecule has 0 heterocycles. The normalized spacial score (nSPS) is 12.2. The number of aryl methyl sites for hydroxylation is 1. The van der Waals surface area contributed by atoms with Crippen LogP contribution in [0.4, 0.5) is 0 Å². The van der Waals surface area contributed by atoms with Gasteiger partial charge in [-0.1, -0.05) is 131 Å². The highest BCUT2D eigenvalue weighted by atomic mass is 16.6. The molecule has 292 valence electrons. The number of para-hydroxylation sites is 2. The molecular formula is C47H56O8. The molecule has 5 rings (SSSR count). The first kappa shape index (κ1) is 40.9. The highest BCUT2D eigenvalue weighted by Crippen LogP contribution is 2.43. The van der Waals surface area contributed by atoms with Gasteiger partial charge in [0.2, 0.25) is 0 Å². The van der Waals surface area contributed by atoms with Gasteiger partial charge in [-0.25, -0.2) is 0 Å². The summed E-state index contributed by atoms with van der Waals surface area (Å²) < 4.78 is 37.3. The Hall–Kier alpha value is -5.24. The molecule has 8 heteroatoms. The Labute approximate surface area is 326 Å². The molecule has 0 aliphatic heterocycles. The first-order valence-electron chi connectivity index (χ1n) is 19.9. The van der Waals surface area contributed by atoms with Crippen LogP contribution in [0.5, 0.6) is 23.0 Å². The van der Waals surface area contributed by atoms with Crippen LogP contribution in [0.2, 0.25) is 0 Å². The van der Waals surface area contributed by atoms with Crippen LogP contribution in [0.25, 0.3) is 21.5 Å². The number of hydrogen-bond acceptors (Lipinski definition) is 8. The van der Waals surface area contributed by atoms with Crippen LogP contribution in [0.1, 0.15) is 83.6 Å². The summed E-state index contributed by atoms with van der Waals surface area (Å²) in [4.78, 5) is 25.9. The highest BCUT2D eigenvalue weighted by molar-refractivity contribution is 6.11. The summed E-state index contributed by atoms with van der Waals surface area (Å²) in [7, 11) is 0. The summed E-state index contributed by atoms with van der Waals surface area (Å²) in [6, 6.07) is 33.0. The van der Waals surface area contributed by atoms with Crippen LogP contribution < -0.4 is 18.9 Å². The number of carbonyl (C=O) groups is 2. The Balaban J connectivity index is 1.39. The second-order valence-corrected chi connectivity index (χ2v) is 14.0. The lowest BCUT2D eigenvalue weighted by Gasteiger charge is -2.23. The zero-order chi connectivity index (χ0) is 38.7. The van der Waals surface area contributed by atoms with Gasteiger partial charge in [0.05, 0.1) is 0 Å². The molecule has 0 aromatic heterocycles. The molecule has 5 aromatic carbocycles. The first-order chi connectivity index (χ1) is 26.9. The van der Waals surface area contributed by atoms with Gasteiger partial charge < -0.3 is 28.4 Å². The van der Waals surface area contributed by atoms with Crippen molar-refractivity contribution in [2.45, 2.75) is 97.2 Å². The van der Waals surface area contributed by atoms with Crippen LogP contribution in [0.3, 0.4) is 0 Å². The van der Waals surface area contributed by atoms with Gasteiger partial charge in [-0.3, -0.25) is 9.59 Å². The van der Waals surface area contributed by atoms with Crippen molar-refractivity contribution in [3.8, 4) is 23.0 Å². The fourth-order valence-corrected chi connectivity index (χ4v) is 6.40. The van der Waals surface area contributed by atoms with Gasteiger partial charge in [0, 0.05) is 34.4 Å². The number of unbranched alkanes of at least 4 members (excludes halogenated alkanes) is 6. The standard InChI is InChI=1S/C47H56O8/c1-4-6-8-16-26-44(48)54-38(31-50-36-20-12-10-13-21-36)33-52-46-40-24-18-19-25-41(40)47(43-30-35(3)28-29-42(43)46)53-34-39(32-51-37-22-14-11-15-23-37)55-45(49)27-17-9-7-5-2/h10-15,18-25,28-30,38-39H,4-9,16-17,26-27,31-34H2,1-3H3. The molecular weight excluding hydrogens is 693 g/mol. The Bertz CT molecular complexity index is 1910. The number of hydrogen-bond donors (Lipinski definition) is 0. The van der Waals surface area contributed by atoms with E-state index in [1.165, 1.54) is 0 Å². The number of esters is 2. The smallest absolute Gasteiger partial charge is 0.306 e. The lowest BCUT2D eigenvalue weighted by atomic mass is 9.99. The van der Waals surface area contributed by atoms with Gasteiger partial charge in [-0.15, -0.1) is 0 Å². The van der Waals surface area contributed by atoms with E-state index >= 15 is 0 Å². The summed E-state index contributed by atoms with van der Waals surface area (Å²) >= 11 is 0. The Morgan fingerprint density at radius 2 is 0.891 bits per heavy atom. The lowest BCUT2D eigenvalue weighted by molar-refractivity contribution is -0.153. The molecule has 0 amide bonds. The summed E-state index contributed by atoms with van der Waals surface area (Å²) in [6.07, 6.45) is 7.32. The minimum atomic E-state index is -0.643. The molecule has 8 nitrogen and oxygen atoms in total. The van der Waals surface area contributed by atoms with Crippen molar-refractivity contribution in [2.75, 3.05) is 26.4 Å². The minimum absolute atomic E-state index is 0.0911. The minimum Gasteiger partial charge on any atom is -0.490 e. The van der Waals surface area contributed by atoms with Crippen molar-refractivity contribution in [1.82, 2.24) is 0 Å². The van der Waals surface area contributed by atoms with E-state index in [0.717, 1.165) is 78.5 Å². The number of carbonyl (C=O) groups excluding carboxylic acids is 2. The fourth-order valence-electron chi connectivity index (χ4n) is 6.40. The maximum atomic E-state index is 13.0. The van der Waals surface area contributed by atoms with E-state index < -0.39 is 12.2 Å². The number of ether oxygens (including phenoxy) is 6. The van der Waals surface area contributed by atoms with E-state index in [1.807, 2.05) is 104 Å². The topological polar surface area (TPSA) is 89.5 Å². The third-order valence-corrected chi connectivity index (χ3v) is 9.33. The van der Waals surface area contributed by atoms with Gasteiger partial charge in [0.1, 0.15) is 49.4 Å². The Kier molecular flexibility index (Phi) is 16.5. The summed E-state index contributed by atoms with van der Waals surface area (Å²) in [6.45, 7) is 6.79.